The Bertz CT molecular complexity index is 569. The molecule has 0 aliphatic rings. The smallest absolute Gasteiger partial charge is 0.384 e. The third-order valence-corrected chi connectivity index (χ3v) is 5.34. The predicted molar refractivity (Wildman–Crippen MR) is 99.5 cm³/mol. The molecular formula is C17H28O7P2+2. The number of hydrogen-bond acceptors (Lipinski definition) is 7. The van der Waals surface area contributed by atoms with Crippen LogP contribution >= 0.6 is 16.5 Å². The molecule has 3 unspecified atom stereocenters. The van der Waals surface area contributed by atoms with Gasteiger partial charge in [0.2, 0.25) is 0 Å². The van der Waals surface area contributed by atoms with E-state index in [4.69, 9.17) is 9.05 Å². The van der Waals surface area contributed by atoms with Crippen LogP contribution in [0.4, 0.5) is 0 Å². The summed E-state index contributed by atoms with van der Waals surface area (Å²) in [6, 6.07) is 7.89. The zero-order chi connectivity index (χ0) is 19.7. The van der Waals surface area contributed by atoms with E-state index in [2.05, 4.69) is 22.9 Å². The maximum Gasteiger partial charge on any atom is 0.697 e. The standard InChI is InChI=1S/C17H28O7P2/c1-13(2)10-15-6-8-16(9-7-15)14(3)17(18,11-23-25(19)21-4)12-24-26(20)22-5/h6-9,13-14,18H,10-12H2,1-5H3/q+2. The van der Waals surface area contributed by atoms with Crippen LogP contribution in [0, 0.1) is 5.92 Å². The summed E-state index contributed by atoms with van der Waals surface area (Å²) in [6.45, 7) is 5.48. The Hall–Kier alpha value is -0.780. The maximum atomic E-state index is 11.4. The molecule has 7 nitrogen and oxygen atoms in total. The van der Waals surface area contributed by atoms with Crippen molar-refractivity contribution >= 4 is 16.5 Å². The minimum Gasteiger partial charge on any atom is -0.384 e. The first kappa shape index (κ1) is 23.3. The van der Waals surface area contributed by atoms with E-state index in [0.717, 1.165) is 12.0 Å². The summed E-state index contributed by atoms with van der Waals surface area (Å²) in [5.74, 6) is 0.115. The topological polar surface area (TPSA) is 91.3 Å². The molecule has 146 valence electrons. The van der Waals surface area contributed by atoms with Gasteiger partial charge in [-0.05, 0) is 23.5 Å². The van der Waals surface area contributed by atoms with Gasteiger partial charge < -0.3 is 5.11 Å². The quantitative estimate of drug-likeness (QED) is 0.516. The van der Waals surface area contributed by atoms with Crippen LogP contribution in [-0.4, -0.2) is 38.1 Å². The monoisotopic (exact) mass is 406 g/mol. The summed E-state index contributed by atoms with van der Waals surface area (Å²) >= 11 is 0. The zero-order valence-corrected chi connectivity index (χ0v) is 17.7. The Labute approximate surface area is 156 Å². The number of benzene rings is 1. The molecule has 3 atom stereocenters. The molecule has 0 radical (unpaired) electrons. The maximum absolute atomic E-state index is 11.4. The third-order valence-electron chi connectivity index (χ3n) is 4.07. The Kier molecular flexibility index (Phi) is 9.98. The number of rotatable bonds is 12. The Morgan fingerprint density at radius 1 is 0.962 bits per heavy atom. The molecule has 26 heavy (non-hydrogen) atoms. The van der Waals surface area contributed by atoms with Crippen molar-refractivity contribution in [2.75, 3.05) is 27.4 Å². The van der Waals surface area contributed by atoms with Gasteiger partial charge in [0.05, 0.1) is 14.2 Å². The second kappa shape index (κ2) is 11.2. The fraction of sp³-hybridized carbons (Fsp3) is 0.647. The molecule has 1 rings (SSSR count). The summed E-state index contributed by atoms with van der Waals surface area (Å²) in [5, 5.41) is 11.0. The SMILES string of the molecule is CO[P+](=O)OCC(O)(CO[P+](=O)OC)C(C)c1ccc(CC(C)C)cc1. The van der Waals surface area contributed by atoms with Gasteiger partial charge in [-0.15, -0.1) is 18.1 Å². The molecule has 0 saturated carbocycles. The largest absolute Gasteiger partial charge is 0.697 e. The molecular weight excluding hydrogens is 378 g/mol. The second-order valence-electron chi connectivity index (χ2n) is 6.52. The van der Waals surface area contributed by atoms with Crippen LogP contribution in [0.3, 0.4) is 0 Å². The lowest BCUT2D eigenvalue weighted by atomic mass is 9.84. The zero-order valence-electron chi connectivity index (χ0n) is 15.9. The number of hydrogen-bond donors (Lipinski definition) is 1. The van der Waals surface area contributed by atoms with E-state index in [9.17, 15) is 14.2 Å². The fourth-order valence-electron chi connectivity index (χ4n) is 2.45. The van der Waals surface area contributed by atoms with Gasteiger partial charge in [-0.3, -0.25) is 0 Å². The van der Waals surface area contributed by atoms with E-state index in [1.807, 2.05) is 24.3 Å². The summed E-state index contributed by atoms with van der Waals surface area (Å²) in [7, 11) is -2.22. The summed E-state index contributed by atoms with van der Waals surface area (Å²) in [5.41, 5.74) is 0.497. The van der Waals surface area contributed by atoms with Crippen LogP contribution in [-0.2, 0) is 33.6 Å². The first-order valence-corrected chi connectivity index (χ1v) is 10.5. The normalized spacial score (nSPS) is 16.3. The van der Waals surface area contributed by atoms with Crippen molar-refractivity contribution in [3.05, 3.63) is 35.4 Å². The molecule has 1 N–H and O–H groups in total. The molecule has 1 aromatic rings. The van der Waals surface area contributed by atoms with Gasteiger partial charge in [-0.2, -0.15) is 0 Å². The van der Waals surface area contributed by atoms with Crippen LogP contribution < -0.4 is 0 Å². The molecule has 0 aliphatic heterocycles. The van der Waals surface area contributed by atoms with Crippen molar-refractivity contribution in [3.8, 4) is 0 Å². The van der Waals surface area contributed by atoms with Crippen molar-refractivity contribution in [3.63, 3.8) is 0 Å². The second-order valence-corrected chi connectivity index (χ2v) is 8.67. The minimum atomic E-state index is -2.35. The summed E-state index contributed by atoms with van der Waals surface area (Å²) in [6.07, 6.45) is 0.966. The highest BCUT2D eigenvalue weighted by Gasteiger charge is 2.42. The predicted octanol–water partition coefficient (Wildman–Crippen LogP) is 4.36. The number of aliphatic hydroxyl groups is 1. The molecule has 0 aliphatic carbocycles. The van der Waals surface area contributed by atoms with E-state index in [-0.39, 0.29) is 13.2 Å². The average Bonchev–Trinajstić information content (AvgIpc) is 2.63. The van der Waals surface area contributed by atoms with Gasteiger partial charge in [0, 0.05) is 15.0 Å². The average molecular weight is 406 g/mol. The van der Waals surface area contributed by atoms with Gasteiger partial charge >= 0.3 is 16.5 Å². The molecule has 9 heteroatoms. The van der Waals surface area contributed by atoms with Crippen molar-refractivity contribution < 1.29 is 32.3 Å². The summed E-state index contributed by atoms with van der Waals surface area (Å²) in [4.78, 5) is 0. The molecule has 0 bridgehead atoms. The van der Waals surface area contributed by atoms with Gasteiger partial charge in [-0.25, -0.2) is 0 Å². The van der Waals surface area contributed by atoms with Crippen molar-refractivity contribution in [1.29, 1.82) is 0 Å². The highest BCUT2D eigenvalue weighted by Crippen LogP contribution is 2.35. The third kappa shape index (κ3) is 7.45. The van der Waals surface area contributed by atoms with Crippen LogP contribution in [0.15, 0.2) is 24.3 Å². The lowest BCUT2D eigenvalue weighted by Gasteiger charge is -2.30. The Morgan fingerprint density at radius 2 is 1.42 bits per heavy atom. The highest BCUT2D eigenvalue weighted by atomic mass is 31.1. The lowest BCUT2D eigenvalue weighted by molar-refractivity contribution is -0.0581. The fourth-order valence-corrected chi connectivity index (χ4v) is 3.32. The van der Waals surface area contributed by atoms with Crippen LogP contribution in [0.2, 0.25) is 0 Å². The first-order valence-electron chi connectivity index (χ1n) is 8.31. The minimum absolute atomic E-state index is 0.308. The van der Waals surface area contributed by atoms with Crippen molar-refractivity contribution in [2.24, 2.45) is 5.92 Å². The van der Waals surface area contributed by atoms with E-state index in [1.54, 1.807) is 6.92 Å². The van der Waals surface area contributed by atoms with E-state index >= 15 is 0 Å². The van der Waals surface area contributed by atoms with Gasteiger partial charge in [0.15, 0.2) is 0 Å². The molecule has 0 spiro atoms. The van der Waals surface area contributed by atoms with Crippen molar-refractivity contribution in [1.82, 2.24) is 0 Å². The van der Waals surface area contributed by atoms with Crippen LogP contribution in [0.25, 0.3) is 0 Å². The van der Waals surface area contributed by atoms with E-state index in [1.165, 1.54) is 19.8 Å². The highest BCUT2D eigenvalue weighted by molar-refractivity contribution is 7.33. The molecule has 0 heterocycles. The van der Waals surface area contributed by atoms with Crippen LogP contribution in [0.5, 0.6) is 0 Å². The molecule has 0 amide bonds. The Morgan fingerprint density at radius 3 is 1.81 bits per heavy atom. The van der Waals surface area contributed by atoms with Gasteiger partial charge in [-0.1, -0.05) is 45.0 Å². The van der Waals surface area contributed by atoms with E-state index < -0.39 is 28.0 Å². The molecule has 1 aromatic carbocycles. The first-order chi connectivity index (χ1) is 12.2. The Balaban J connectivity index is 2.95. The van der Waals surface area contributed by atoms with Gasteiger partial charge in [0.25, 0.3) is 0 Å². The summed E-state index contributed by atoms with van der Waals surface area (Å²) < 4.78 is 42.1. The molecule has 0 fully saturated rings. The molecule has 0 aromatic heterocycles. The lowest BCUT2D eigenvalue weighted by Crippen LogP contribution is -2.43. The van der Waals surface area contributed by atoms with Crippen molar-refractivity contribution in [2.45, 2.75) is 38.7 Å². The van der Waals surface area contributed by atoms with Crippen LogP contribution in [0.1, 0.15) is 37.8 Å². The molecule has 0 saturated heterocycles. The van der Waals surface area contributed by atoms with Gasteiger partial charge in [0.1, 0.15) is 18.8 Å². The van der Waals surface area contributed by atoms with E-state index in [0.29, 0.717) is 5.92 Å².